The summed E-state index contributed by atoms with van der Waals surface area (Å²) in [6.45, 7) is 3.97. The second kappa shape index (κ2) is 7.61. The van der Waals surface area contributed by atoms with E-state index < -0.39 is 21.5 Å². The highest BCUT2D eigenvalue weighted by Gasteiger charge is 2.18. The second-order valence-corrected chi connectivity index (χ2v) is 8.45. The van der Waals surface area contributed by atoms with E-state index in [0.717, 1.165) is 29.2 Å². The molecule has 0 bridgehead atoms. The molecule has 0 amide bonds. The summed E-state index contributed by atoms with van der Waals surface area (Å²) in [5.41, 5.74) is 3.63. The molecule has 0 N–H and O–H groups in total. The standard InChI is InChI=1S/C22H20F2O2S/c1-3-16-5-4-6-18(15(16)2)14-27(25,26)20-10-7-17(8-11-20)21-12-9-19(23)13-22(21)24/h4-13H,3,14H2,1-2H3. The van der Waals surface area contributed by atoms with E-state index in [1.165, 1.54) is 24.3 Å². The summed E-state index contributed by atoms with van der Waals surface area (Å²) in [5, 5.41) is 0. The molecule has 5 heteroatoms. The van der Waals surface area contributed by atoms with Crippen LogP contribution in [0.15, 0.2) is 65.6 Å². The fraction of sp³-hybridized carbons (Fsp3) is 0.182. The Bertz CT molecular complexity index is 1070. The minimum absolute atomic E-state index is 0.0864. The quantitative estimate of drug-likeness (QED) is 0.582. The molecule has 0 saturated heterocycles. The first-order valence-corrected chi connectivity index (χ1v) is 10.3. The number of hydrogen-bond acceptors (Lipinski definition) is 2. The lowest BCUT2D eigenvalue weighted by atomic mass is 10.0. The highest BCUT2D eigenvalue weighted by Crippen LogP contribution is 2.26. The molecule has 0 atom stereocenters. The van der Waals surface area contributed by atoms with E-state index in [9.17, 15) is 17.2 Å². The van der Waals surface area contributed by atoms with Gasteiger partial charge in [0.25, 0.3) is 0 Å². The van der Waals surface area contributed by atoms with Crippen molar-refractivity contribution < 1.29 is 17.2 Å². The molecule has 0 aliphatic heterocycles. The van der Waals surface area contributed by atoms with E-state index >= 15 is 0 Å². The van der Waals surface area contributed by atoms with Crippen LogP contribution in [-0.2, 0) is 22.0 Å². The van der Waals surface area contributed by atoms with Gasteiger partial charge < -0.3 is 0 Å². The van der Waals surface area contributed by atoms with Crippen LogP contribution >= 0.6 is 0 Å². The van der Waals surface area contributed by atoms with E-state index in [1.54, 1.807) is 12.1 Å². The van der Waals surface area contributed by atoms with Crippen molar-refractivity contribution in [3.8, 4) is 11.1 Å². The summed E-state index contributed by atoms with van der Waals surface area (Å²) in [6.07, 6.45) is 0.845. The van der Waals surface area contributed by atoms with Crippen LogP contribution in [0.2, 0.25) is 0 Å². The van der Waals surface area contributed by atoms with Crippen molar-refractivity contribution in [1.82, 2.24) is 0 Å². The van der Waals surface area contributed by atoms with E-state index in [-0.39, 0.29) is 16.2 Å². The molecule has 0 radical (unpaired) electrons. The van der Waals surface area contributed by atoms with Crippen LogP contribution in [0, 0.1) is 18.6 Å². The van der Waals surface area contributed by atoms with Crippen LogP contribution in [0.5, 0.6) is 0 Å². The average Bonchev–Trinajstić information content (AvgIpc) is 2.63. The maximum atomic E-state index is 13.9. The van der Waals surface area contributed by atoms with Gasteiger partial charge in [0.15, 0.2) is 9.84 Å². The van der Waals surface area contributed by atoms with E-state index in [1.807, 2.05) is 32.0 Å². The molecule has 3 rings (SSSR count). The number of hydrogen-bond donors (Lipinski definition) is 0. The zero-order chi connectivity index (χ0) is 19.6. The van der Waals surface area contributed by atoms with Crippen molar-refractivity contribution in [1.29, 1.82) is 0 Å². The highest BCUT2D eigenvalue weighted by atomic mass is 32.2. The minimum atomic E-state index is -3.53. The fourth-order valence-electron chi connectivity index (χ4n) is 3.13. The Hall–Kier alpha value is -2.53. The van der Waals surface area contributed by atoms with E-state index in [0.29, 0.717) is 5.56 Å². The first-order valence-electron chi connectivity index (χ1n) is 8.67. The Morgan fingerprint density at radius 1 is 0.889 bits per heavy atom. The summed E-state index contributed by atoms with van der Waals surface area (Å²) >= 11 is 0. The second-order valence-electron chi connectivity index (χ2n) is 6.46. The van der Waals surface area contributed by atoms with Gasteiger partial charge in [0.05, 0.1) is 10.6 Å². The molecule has 0 aliphatic rings. The molecular weight excluding hydrogens is 366 g/mol. The summed E-state index contributed by atoms with van der Waals surface area (Å²) in [4.78, 5) is 0.176. The van der Waals surface area contributed by atoms with E-state index in [4.69, 9.17) is 0 Å². The monoisotopic (exact) mass is 386 g/mol. The maximum Gasteiger partial charge on any atom is 0.182 e. The van der Waals surface area contributed by atoms with Crippen LogP contribution in [0.3, 0.4) is 0 Å². The molecule has 2 nitrogen and oxygen atoms in total. The summed E-state index contributed by atoms with van der Waals surface area (Å²) < 4.78 is 52.6. The molecule has 0 aromatic heterocycles. The Balaban J connectivity index is 1.90. The Morgan fingerprint density at radius 3 is 2.19 bits per heavy atom. The molecule has 0 fully saturated rings. The first-order chi connectivity index (χ1) is 12.8. The van der Waals surface area contributed by atoms with Crippen LogP contribution in [0.1, 0.15) is 23.6 Å². The van der Waals surface area contributed by atoms with Gasteiger partial charge in [0, 0.05) is 11.6 Å². The zero-order valence-corrected chi connectivity index (χ0v) is 16.0. The summed E-state index contributed by atoms with van der Waals surface area (Å²) in [5.74, 6) is -1.42. The largest absolute Gasteiger partial charge is 0.223 e. The van der Waals surface area contributed by atoms with Crippen LogP contribution in [0.4, 0.5) is 8.78 Å². The molecule has 27 heavy (non-hydrogen) atoms. The topological polar surface area (TPSA) is 34.1 Å². The van der Waals surface area contributed by atoms with E-state index in [2.05, 4.69) is 0 Å². The van der Waals surface area contributed by atoms with Gasteiger partial charge in [0.2, 0.25) is 0 Å². The molecule has 0 heterocycles. The van der Waals surface area contributed by atoms with Gasteiger partial charge in [-0.1, -0.05) is 37.3 Å². The van der Waals surface area contributed by atoms with Gasteiger partial charge in [-0.3, -0.25) is 0 Å². The molecule has 0 unspecified atom stereocenters. The van der Waals surface area contributed by atoms with Crippen molar-refractivity contribution in [3.05, 3.63) is 89.0 Å². The minimum Gasteiger partial charge on any atom is -0.223 e. The summed E-state index contributed by atoms with van der Waals surface area (Å²) in [6, 6.07) is 15.0. The zero-order valence-electron chi connectivity index (χ0n) is 15.2. The lowest BCUT2D eigenvalue weighted by Crippen LogP contribution is -2.07. The maximum absolute atomic E-state index is 13.9. The SMILES string of the molecule is CCc1cccc(CS(=O)(=O)c2ccc(-c3ccc(F)cc3F)cc2)c1C. The van der Waals surface area contributed by atoms with Crippen LogP contribution in [-0.4, -0.2) is 8.42 Å². The van der Waals surface area contributed by atoms with Gasteiger partial charge in [-0.15, -0.1) is 0 Å². The first kappa shape index (κ1) is 19.2. The number of rotatable bonds is 5. The van der Waals surface area contributed by atoms with Crippen LogP contribution < -0.4 is 0 Å². The van der Waals surface area contributed by atoms with Gasteiger partial charge in [0.1, 0.15) is 11.6 Å². The Labute approximate surface area is 158 Å². The van der Waals surface area contributed by atoms with Crippen LogP contribution in [0.25, 0.3) is 11.1 Å². The molecule has 3 aromatic carbocycles. The fourth-order valence-corrected chi connectivity index (χ4v) is 4.57. The normalized spacial score (nSPS) is 11.6. The lowest BCUT2D eigenvalue weighted by Gasteiger charge is -2.11. The average molecular weight is 386 g/mol. The van der Waals surface area contributed by atoms with Crippen molar-refractivity contribution in [2.24, 2.45) is 0 Å². The third-order valence-electron chi connectivity index (χ3n) is 4.74. The third kappa shape index (κ3) is 4.08. The highest BCUT2D eigenvalue weighted by molar-refractivity contribution is 7.90. The Morgan fingerprint density at radius 2 is 1.56 bits per heavy atom. The van der Waals surface area contributed by atoms with Gasteiger partial charge in [-0.2, -0.15) is 0 Å². The molecular formula is C22H20F2O2S. The van der Waals surface area contributed by atoms with Gasteiger partial charge in [-0.25, -0.2) is 17.2 Å². The molecule has 0 spiro atoms. The number of benzene rings is 3. The molecule has 0 aliphatic carbocycles. The third-order valence-corrected chi connectivity index (χ3v) is 6.42. The molecule has 0 saturated carbocycles. The van der Waals surface area contributed by atoms with Crippen molar-refractivity contribution in [3.63, 3.8) is 0 Å². The summed E-state index contributed by atoms with van der Waals surface area (Å²) in [7, 11) is -3.53. The van der Waals surface area contributed by atoms with Crippen molar-refractivity contribution >= 4 is 9.84 Å². The Kier molecular flexibility index (Phi) is 5.42. The number of halogens is 2. The van der Waals surface area contributed by atoms with Crippen molar-refractivity contribution in [2.75, 3.05) is 0 Å². The predicted molar refractivity (Wildman–Crippen MR) is 103 cm³/mol. The predicted octanol–water partition coefficient (Wildman–Crippen LogP) is 5.48. The smallest absolute Gasteiger partial charge is 0.182 e. The number of aryl methyl sites for hydroxylation is 1. The van der Waals surface area contributed by atoms with Gasteiger partial charge in [-0.05, 0) is 59.9 Å². The van der Waals surface area contributed by atoms with Gasteiger partial charge >= 0.3 is 0 Å². The molecule has 3 aromatic rings. The lowest BCUT2D eigenvalue weighted by molar-refractivity contribution is 0.585. The molecule has 140 valence electrons. The van der Waals surface area contributed by atoms with Crippen molar-refractivity contribution in [2.45, 2.75) is 30.9 Å². The number of sulfone groups is 1.